The number of nitrogens with one attached hydrogen (secondary N) is 2. The molecule has 4 amide bonds. The van der Waals surface area contributed by atoms with Gasteiger partial charge in [-0.15, -0.1) is 0 Å². The molecule has 2 unspecified atom stereocenters. The van der Waals surface area contributed by atoms with Crippen LogP contribution in [0.2, 0.25) is 0 Å². The number of carbonyl (C=O) groups excluding carboxylic acids is 4. The molecule has 2 N–H and O–H groups in total. The van der Waals surface area contributed by atoms with E-state index in [0.29, 0.717) is 30.5 Å². The SMILES string of the molecule is CC(C)[C@@H](NC(=O)OC(C)(C)C)C(=O)N1C2CCC1CN(C(=O)Cc1ccc(Nc3ncc4cc(C(=O)N(C)C)n(C5CCCC5)c4n3)nc1)C2. The van der Waals surface area contributed by atoms with Crippen molar-refractivity contribution in [3.05, 3.63) is 41.9 Å². The van der Waals surface area contributed by atoms with Crippen molar-refractivity contribution < 1.29 is 23.9 Å². The van der Waals surface area contributed by atoms with Gasteiger partial charge in [0.2, 0.25) is 17.8 Å². The van der Waals surface area contributed by atoms with Crippen molar-refractivity contribution in [2.75, 3.05) is 32.5 Å². The van der Waals surface area contributed by atoms with Crippen LogP contribution in [0, 0.1) is 5.92 Å². The Morgan fingerprint density at radius 2 is 1.65 bits per heavy atom. The van der Waals surface area contributed by atoms with Gasteiger partial charge >= 0.3 is 6.09 Å². The summed E-state index contributed by atoms with van der Waals surface area (Å²) in [6.07, 6.45) is 8.88. The lowest BCUT2D eigenvalue weighted by atomic mass is 10.0. The zero-order valence-corrected chi connectivity index (χ0v) is 30.8. The van der Waals surface area contributed by atoms with Crippen LogP contribution >= 0.6 is 0 Å². The van der Waals surface area contributed by atoms with Crippen molar-refractivity contribution in [1.29, 1.82) is 0 Å². The van der Waals surface area contributed by atoms with E-state index in [1.807, 2.05) is 35.8 Å². The number of hydrogen-bond acceptors (Lipinski definition) is 9. The van der Waals surface area contributed by atoms with E-state index < -0.39 is 17.7 Å². The first-order valence-corrected chi connectivity index (χ1v) is 18.1. The maximum Gasteiger partial charge on any atom is 0.408 e. The number of alkyl carbamates (subject to hydrolysis) is 1. The van der Waals surface area contributed by atoms with Crippen molar-refractivity contribution in [2.45, 2.75) is 109 Å². The lowest BCUT2D eigenvalue weighted by Gasteiger charge is -2.43. The first-order chi connectivity index (χ1) is 24.2. The third kappa shape index (κ3) is 7.94. The summed E-state index contributed by atoms with van der Waals surface area (Å²) < 4.78 is 7.49. The second-order valence-electron chi connectivity index (χ2n) is 15.7. The molecule has 14 heteroatoms. The van der Waals surface area contributed by atoms with Gasteiger partial charge in [0.25, 0.3) is 5.91 Å². The van der Waals surface area contributed by atoms with Crippen LogP contribution in [0.5, 0.6) is 0 Å². The second kappa shape index (κ2) is 14.5. The number of carbonyl (C=O) groups is 4. The summed E-state index contributed by atoms with van der Waals surface area (Å²) in [7, 11) is 3.51. The fraction of sp³-hybridized carbons (Fsp3) is 0.595. The van der Waals surface area contributed by atoms with E-state index in [2.05, 4.69) is 25.2 Å². The van der Waals surface area contributed by atoms with Crippen LogP contribution in [-0.4, -0.2) is 109 Å². The molecule has 5 heterocycles. The topological polar surface area (TPSA) is 155 Å². The molecular weight excluding hydrogens is 650 g/mol. The molecule has 2 aliphatic heterocycles. The van der Waals surface area contributed by atoms with Crippen LogP contribution in [0.25, 0.3) is 11.0 Å². The number of hydrogen-bond donors (Lipinski definition) is 2. The summed E-state index contributed by atoms with van der Waals surface area (Å²) in [5, 5.41) is 6.79. The Labute approximate surface area is 299 Å². The lowest BCUT2D eigenvalue weighted by molar-refractivity contribution is -0.145. The number of rotatable bonds is 9. The number of amides is 4. The molecule has 3 aromatic rings. The molecule has 14 nitrogen and oxygen atoms in total. The molecule has 0 aromatic carbocycles. The van der Waals surface area contributed by atoms with E-state index >= 15 is 0 Å². The maximum absolute atomic E-state index is 13.7. The summed E-state index contributed by atoms with van der Waals surface area (Å²) in [5.41, 5.74) is 1.45. The Morgan fingerprint density at radius 3 is 2.24 bits per heavy atom. The number of aromatic nitrogens is 4. The van der Waals surface area contributed by atoms with Gasteiger partial charge in [-0.1, -0.05) is 32.8 Å². The van der Waals surface area contributed by atoms with Crippen molar-refractivity contribution >= 4 is 46.6 Å². The Hall–Kier alpha value is -4.75. The zero-order chi connectivity index (χ0) is 36.6. The van der Waals surface area contributed by atoms with Gasteiger partial charge in [0.15, 0.2) is 0 Å². The molecule has 274 valence electrons. The zero-order valence-electron chi connectivity index (χ0n) is 30.8. The number of likely N-dealkylation sites (tertiary alicyclic amines) is 1. The fourth-order valence-corrected chi connectivity index (χ4v) is 7.57. The van der Waals surface area contributed by atoms with Gasteiger partial charge in [0, 0.05) is 63.1 Å². The number of pyridine rings is 1. The average Bonchev–Trinajstić information content (AvgIpc) is 3.79. The Bertz CT molecular complexity index is 1760. The Morgan fingerprint density at radius 1 is 0.961 bits per heavy atom. The largest absolute Gasteiger partial charge is 0.444 e. The van der Waals surface area contributed by atoms with E-state index in [-0.39, 0.29) is 48.2 Å². The van der Waals surface area contributed by atoms with E-state index in [0.717, 1.165) is 55.1 Å². The van der Waals surface area contributed by atoms with E-state index in [9.17, 15) is 19.2 Å². The van der Waals surface area contributed by atoms with Gasteiger partial charge in [-0.3, -0.25) is 14.4 Å². The van der Waals surface area contributed by atoms with Gasteiger partial charge in [0.05, 0.1) is 6.42 Å². The summed E-state index contributed by atoms with van der Waals surface area (Å²) in [4.78, 5) is 71.9. The summed E-state index contributed by atoms with van der Waals surface area (Å²) in [6.45, 7) is 10.1. The number of anilines is 2. The Balaban J connectivity index is 1.08. The first-order valence-electron chi connectivity index (χ1n) is 18.1. The molecule has 3 atom stereocenters. The fourth-order valence-electron chi connectivity index (χ4n) is 7.57. The highest BCUT2D eigenvalue weighted by Crippen LogP contribution is 2.35. The predicted octanol–water partition coefficient (Wildman–Crippen LogP) is 4.68. The van der Waals surface area contributed by atoms with Crippen LogP contribution < -0.4 is 10.6 Å². The first kappa shape index (κ1) is 36.1. The van der Waals surface area contributed by atoms with Gasteiger partial charge in [-0.25, -0.2) is 14.8 Å². The number of ether oxygens (including phenoxy) is 1. The maximum atomic E-state index is 13.7. The third-order valence-electron chi connectivity index (χ3n) is 10.0. The summed E-state index contributed by atoms with van der Waals surface area (Å²) in [5.74, 6) is 0.594. The molecule has 1 aliphatic carbocycles. The van der Waals surface area contributed by atoms with Gasteiger partial charge < -0.3 is 34.6 Å². The molecule has 6 rings (SSSR count). The Kier molecular flexibility index (Phi) is 10.2. The molecule has 51 heavy (non-hydrogen) atoms. The van der Waals surface area contributed by atoms with Gasteiger partial charge in [0.1, 0.15) is 28.8 Å². The van der Waals surface area contributed by atoms with E-state index in [4.69, 9.17) is 9.72 Å². The third-order valence-corrected chi connectivity index (χ3v) is 10.0. The molecule has 3 fully saturated rings. The van der Waals surface area contributed by atoms with E-state index in [1.54, 1.807) is 58.2 Å². The molecule has 0 radical (unpaired) electrons. The molecule has 1 saturated carbocycles. The van der Waals surface area contributed by atoms with Crippen LogP contribution in [0.3, 0.4) is 0 Å². The lowest BCUT2D eigenvalue weighted by Crippen LogP contribution is -2.62. The molecule has 2 saturated heterocycles. The van der Waals surface area contributed by atoms with Crippen LogP contribution in [0.15, 0.2) is 30.6 Å². The predicted molar refractivity (Wildman–Crippen MR) is 193 cm³/mol. The van der Waals surface area contributed by atoms with E-state index in [1.165, 1.54) is 0 Å². The standard InChI is InChI=1S/C37H51N9O5/c1-22(2)31(41-36(50)51-37(3,4)5)34(49)45-26-13-14-27(45)21-44(20-26)30(47)16-23-12-15-29(38-18-23)40-35-39-19-24-17-28(33(48)43(6)7)46(32(24)42-35)25-10-8-9-11-25/h12,15,17-19,22,25-27,31H,8-11,13-14,16,20-21H2,1-7H3,(H,41,50)(H,38,39,40,42)/t26?,27?,31-/m1/s1. The minimum absolute atomic E-state index is 0.0154. The minimum atomic E-state index is -0.710. The second-order valence-corrected chi connectivity index (χ2v) is 15.7. The number of fused-ring (bicyclic) bond motifs is 3. The highest BCUT2D eigenvalue weighted by molar-refractivity contribution is 5.98. The van der Waals surface area contributed by atoms with Crippen molar-refractivity contribution in [2.24, 2.45) is 5.92 Å². The quantitative estimate of drug-likeness (QED) is 0.324. The van der Waals surface area contributed by atoms with Crippen molar-refractivity contribution in [3.8, 4) is 0 Å². The van der Waals surface area contributed by atoms with Crippen molar-refractivity contribution in [1.82, 2.24) is 39.5 Å². The number of piperazine rings is 1. The van der Waals surface area contributed by atoms with Crippen molar-refractivity contribution in [3.63, 3.8) is 0 Å². The monoisotopic (exact) mass is 701 g/mol. The normalized spacial score (nSPS) is 19.8. The molecule has 0 spiro atoms. The summed E-state index contributed by atoms with van der Waals surface area (Å²) >= 11 is 0. The van der Waals surface area contributed by atoms with Crippen LogP contribution in [0.1, 0.15) is 95.2 Å². The molecule has 2 bridgehead atoms. The van der Waals surface area contributed by atoms with Gasteiger partial charge in [-0.2, -0.15) is 4.98 Å². The minimum Gasteiger partial charge on any atom is -0.444 e. The van der Waals surface area contributed by atoms with Crippen LogP contribution in [-0.2, 0) is 20.7 Å². The summed E-state index contributed by atoms with van der Waals surface area (Å²) in [6, 6.07) is 4.85. The highest BCUT2D eigenvalue weighted by atomic mass is 16.6. The molecular formula is C37H51N9O5. The smallest absolute Gasteiger partial charge is 0.408 e. The average molecular weight is 702 g/mol. The number of nitrogens with zero attached hydrogens (tertiary/aromatic N) is 7. The highest BCUT2D eigenvalue weighted by Gasteiger charge is 2.46. The molecule has 3 aliphatic rings. The van der Waals surface area contributed by atoms with Gasteiger partial charge in [-0.05, 0) is 70.1 Å². The molecule has 3 aromatic heterocycles. The van der Waals surface area contributed by atoms with Crippen LogP contribution in [0.4, 0.5) is 16.6 Å².